The molecule has 0 amide bonds. The first-order valence-electron chi connectivity index (χ1n) is 22.3. The van der Waals surface area contributed by atoms with Crippen LogP contribution in [0.2, 0.25) is 0 Å². The monoisotopic (exact) mass is 975 g/mol. The van der Waals surface area contributed by atoms with E-state index in [0.29, 0.717) is 0 Å². The molecule has 0 bridgehead atoms. The SMILES string of the molecule is CC1OCC2O[C@H](O[C@@H]3C(N=[N+]=[N-])C[C@@H](N=[N+]=[N-])C(O[C@@H]4O[C@H](COC(=O)c5ccccc5)[C@@H](OC(=O)c5ccccc5)C4OC(=O)c4ccccc4)[C@H]3O)C(N=[N+]=[N-])[C@@H](OC(=O)c3ccccc3)[C@@H]2O1. The molecule has 6 unspecified atom stereocenters. The second kappa shape index (κ2) is 23.3. The summed E-state index contributed by atoms with van der Waals surface area (Å²) in [5, 5.41) is 24.0. The average Bonchev–Trinajstić information content (AvgIpc) is 3.71. The zero-order chi connectivity index (χ0) is 49.9. The lowest BCUT2D eigenvalue weighted by molar-refractivity contribution is -0.347. The van der Waals surface area contributed by atoms with E-state index in [0.717, 1.165) is 0 Å². The van der Waals surface area contributed by atoms with E-state index in [2.05, 4.69) is 30.1 Å². The molecular weight excluding hydrogens is 931 g/mol. The van der Waals surface area contributed by atoms with Gasteiger partial charge in [0.15, 0.2) is 31.1 Å². The first-order valence-corrected chi connectivity index (χ1v) is 22.3. The lowest BCUT2D eigenvalue weighted by Gasteiger charge is -2.49. The molecule has 1 N–H and O–H groups in total. The molecule has 4 aliphatic rings. The van der Waals surface area contributed by atoms with Gasteiger partial charge in [0.2, 0.25) is 0 Å². The molecule has 4 aromatic rings. The third kappa shape index (κ3) is 11.7. The van der Waals surface area contributed by atoms with Gasteiger partial charge in [0.1, 0.15) is 43.2 Å². The zero-order valence-corrected chi connectivity index (χ0v) is 37.5. The molecule has 0 radical (unpaired) electrons. The molecule has 8 rings (SSSR count). The number of carbonyl (C=O) groups excluding carboxylic acids is 4. The Hall–Kier alpha value is -7.59. The van der Waals surface area contributed by atoms with Crippen molar-refractivity contribution in [2.24, 2.45) is 15.3 Å². The van der Waals surface area contributed by atoms with Crippen molar-refractivity contribution in [1.29, 1.82) is 0 Å². The molecule has 24 heteroatoms. The highest BCUT2D eigenvalue weighted by atomic mass is 16.8. The fourth-order valence-electron chi connectivity index (χ4n) is 8.59. The third-order valence-electron chi connectivity index (χ3n) is 12.0. The van der Waals surface area contributed by atoms with Crippen molar-refractivity contribution in [1.82, 2.24) is 0 Å². The molecule has 3 saturated heterocycles. The minimum atomic E-state index is -1.96. The molecule has 1 saturated carbocycles. The van der Waals surface area contributed by atoms with E-state index in [9.17, 15) is 40.9 Å². The van der Waals surface area contributed by atoms with Gasteiger partial charge in [0.05, 0.1) is 53.2 Å². The van der Waals surface area contributed by atoms with Crippen molar-refractivity contribution in [2.75, 3.05) is 13.2 Å². The molecule has 24 nitrogen and oxygen atoms in total. The van der Waals surface area contributed by atoms with Crippen molar-refractivity contribution in [3.8, 4) is 0 Å². The highest BCUT2D eigenvalue weighted by Gasteiger charge is 2.57. The van der Waals surface area contributed by atoms with E-state index < -0.39 is 122 Å². The average molecular weight is 976 g/mol. The molecule has 3 aliphatic heterocycles. The molecule has 15 atom stereocenters. The zero-order valence-electron chi connectivity index (χ0n) is 37.5. The Kier molecular flexibility index (Phi) is 16.4. The largest absolute Gasteiger partial charge is 0.459 e. The van der Waals surface area contributed by atoms with Gasteiger partial charge in [-0.25, -0.2) is 19.2 Å². The molecular formula is C47H45N9O15. The van der Waals surface area contributed by atoms with Crippen LogP contribution >= 0.6 is 0 Å². The molecule has 0 aromatic heterocycles. The van der Waals surface area contributed by atoms with Crippen molar-refractivity contribution < 1.29 is 71.7 Å². The van der Waals surface area contributed by atoms with Crippen LogP contribution in [0.4, 0.5) is 0 Å². The Balaban J connectivity index is 1.13. The second-order valence-electron chi connectivity index (χ2n) is 16.4. The van der Waals surface area contributed by atoms with Gasteiger partial charge in [-0.1, -0.05) is 88.1 Å². The Bertz CT molecular complexity index is 2640. The molecule has 1 aliphatic carbocycles. The van der Waals surface area contributed by atoms with Crippen molar-refractivity contribution in [3.05, 3.63) is 175 Å². The highest BCUT2D eigenvalue weighted by Crippen LogP contribution is 2.39. The first-order chi connectivity index (χ1) is 34.6. The van der Waals surface area contributed by atoms with Crippen LogP contribution in [0.25, 0.3) is 31.3 Å². The van der Waals surface area contributed by atoms with E-state index in [1.54, 1.807) is 79.7 Å². The normalized spacial score (nSPS) is 30.9. The number of fused-ring (bicyclic) bond motifs is 1. The summed E-state index contributed by atoms with van der Waals surface area (Å²) >= 11 is 0. The number of hydrogen-bond acceptors (Lipinski definition) is 18. The number of esters is 4. The summed E-state index contributed by atoms with van der Waals surface area (Å²) in [6, 6.07) is 27.4. The predicted octanol–water partition coefficient (Wildman–Crippen LogP) is 6.30. The van der Waals surface area contributed by atoms with Crippen molar-refractivity contribution >= 4 is 23.9 Å². The second-order valence-corrected chi connectivity index (χ2v) is 16.4. The van der Waals surface area contributed by atoms with Gasteiger partial charge in [0, 0.05) is 14.7 Å². The minimum absolute atomic E-state index is 0.0777. The van der Waals surface area contributed by atoms with Gasteiger partial charge in [0.25, 0.3) is 0 Å². The Morgan fingerprint density at radius 3 is 1.52 bits per heavy atom. The number of aliphatic hydroxyl groups excluding tert-OH is 1. The van der Waals surface area contributed by atoms with Gasteiger partial charge in [-0.2, -0.15) is 0 Å². The summed E-state index contributed by atoms with van der Waals surface area (Å²) in [5.41, 5.74) is 29.9. The Labute approximate surface area is 403 Å². The van der Waals surface area contributed by atoms with Crippen LogP contribution in [0, 0.1) is 0 Å². The van der Waals surface area contributed by atoms with Gasteiger partial charge in [-0.05, 0) is 78.5 Å². The minimum Gasteiger partial charge on any atom is -0.459 e. The summed E-state index contributed by atoms with van der Waals surface area (Å²) in [4.78, 5) is 63.2. The molecule has 0 spiro atoms. The number of nitrogens with zero attached hydrogens (tertiary/aromatic N) is 9. The summed E-state index contributed by atoms with van der Waals surface area (Å²) in [7, 11) is 0. The van der Waals surface area contributed by atoms with Crippen LogP contribution in [-0.2, 0) is 47.4 Å². The van der Waals surface area contributed by atoms with Crippen LogP contribution < -0.4 is 0 Å². The first kappa shape index (κ1) is 49.8. The van der Waals surface area contributed by atoms with Crippen molar-refractivity contribution in [2.45, 2.75) is 105 Å². The molecule has 4 fully saturated rings. The van der Waals surface area contributed by atoms with E-state index in [1.807, 2.05) is 0 Å². The number of aliphatic hydroxyl groups is 1. The lowest BCUT2D eigenvalue weighted by atomic mass is 9.84. The van der Waals surface area contributed by atoms with Crippen LogP contribution in [-0.4, -0.2) is 134 Å². The Morgan fingerprint density at radius 1 is 0.577 bits per heavy atom. The maximum atomic E-state index is 13.9. The fourth-order valence-corrected chi connectivity index (χ4v) is 8.59. The number of ether oxygens (including phenoxy) is 10. The lowest BCUT2D eigenvalue weighted by Crippen LogP contribution is -2.65. The Morgan fingerprint density at radius 2 is 1.03 bits per heavy atom. The molecule has 71 heavy (non-hydrogen) atoms. The quantitative estimate of drug-likeness (QED) is 0.0423. The standard InChI is InChI=1S/C47H45N9O15/c1-25-62-23-32-38(64-25)40(68-44(60)28-18-10-4-11-19-28)34(53-56-50)46(65-32)70-36-30(51-54-48)22-31(52-55-49)37(35(36)57)71-47-41(69-45(61)29-20-12-5-13-21-29)39(67-43(59)27-16-8-3-9-17-27)33(66-47)24-63-42(58)26-14-6-2-7-15-26/h2-21,25,30-41,46-47,57H,22-24H2,1H3/t25?,30?,31-,32?,33-,34?,35+,36-,37?,38-,39-,40-,41?,46-,47+/m1/s1. The van der Waals surface area contributed by atoms with Crippen LogP contribution in [0.1, 0.15) is 54.8 Å². The number of azide groups is 3. The van der Waals surface area contributed by atoms with Crippen LogP contribution in [0.15, 0.2) is 137 Å². The maximum Gasteiger partial charge on any atom is 0.338 e. The summed E-state index contributed by atoms with van der Waals surface area (Å²) < 4.78 is 60.7. The summed E-state index contributed by atoms with van der Waals surface area (Å²) in [6.45, 7) is 0.921. The topological polar surface area (TPSA) is 327 Å². The maximum absolute atomic E-state index is 13.9. The molecule has 3 heterocycles. The van der Waals surface area contributed by atoms with E-state index in [1.165, 1.54) is 48.5 Å². The molecule has 4 aromatic carbocycles. The number of hydrogen-bond donors (Lipinski definition) is 1. The smallest absolute Gasteiger partial charge is 0.338 e. The van der Waals surface area contributed by atoms with Crippen LogP contribution in [0.3, 0.4) is 0 Å². The predicted molar refractivity (Wildman–Crippen MR) is 240 cm³/mol. The van der Waals surface area contributed by atoms with Gasteiger partial charge < -0.3 is 52.5 Å². The highest BCUT2D eigenvalue weighted by molar-refractivity contribution is 5.91. The van der Waals surface area contributed by atoms with Gasteiger partial charge in [-0.3, -0.25) is 0 Å². The van der Waals surface area contributed by atoms with E-state index in [4.69, 9.17) is 47.4 Å². The number of carbonyl (C=O) groups is 4. The van der Waals surface area contributed by atoms with Crippen molar-refractivity contribution in [3.63, 3.8) is 0 Å². The van der Waals surface area contributed by atoms with Gasteiger partial charge >= 0.3 is 23.9 Å². The third-order valence-corrected chi connectivity index (χ3v) is 12.0. The van der Waals surface area contributed by atoms with Crippen LogP contribution in [0.5, 0.6) is 0 Å². The van der Waals surface area contributed by atoms with Gasteiger partial charge in [-0.15, -0.1) is 0 Å². The van der Waals surface area contributed by atoms with E-state index >= 15 is 0 Å². The summed E-state index contributed by atoms with van der Waals surface area (Å²) in [6.07, 6.45) is -17.9. The number of rotatable bonds is 16. The molecule has 368 valence electrons. The van der Waals surface area contributed by atoms with E-state index in [-0.39, 0.29) is 35.3 Å². The summed E-state index contributed by atoms with van der Waals surface area (Å²) in [5.74, 6) is -3.37. The fraction of sp³-hybridized carbons (Fsp3) is 0.404. The number of benzene rings is 4.